The fourth-order valence-corrected chi connectivity index (χ4v) is 5.09. The summed E-state index contributed by atoms with van der Waals surface area (Å²) in [7, 11) is -2.74. The number of hydrogen-bond acceptors (Lipinski definition) is 5. The van der Waals surface area contributed by atoms with E-state index >= 15 is 0 Å². The Balaban J connectivity index is 2.29. The number of aryl methyl sites for hydroxylation is 1. The molecule has 34 heavy (non-hydrogen) atoms. The van der Waals surface area contributed by atoms with Gasteiger partial charge in [0.15, 0.2) is 0 Å². The zero-order chi connectivity index (χ0) is 25.2. The molecule has 0 atom stereocenters. The molecule has 3 aromatic carbocycles. The highest BCUT2D eigenvalue weighted by Crippen LogP contribution is 2.39. The van der Waals surface area contributed by atoms with Crippen LogP contribution in [-0.2, 0) is 10.0 Å². The molecule has 180 valence electrons. The second-order valence-corrected chi connectivity index (χ2v) is 10.7. The van der Waals surface area contributed by atoms with Crippen LogP contribution in [0.1, 0.15) is 66.6 Å². The van der Waals surface area contributed by atoms with E-state index in [0.717, 1.165) is 9.87 Å². The summed E-state index contributed by atoms with van der Waals surface area (Å²) in [6.07, 6.45) is 0. The number of amides is 1. The second kappa shape index (κ2) is 9.89. The number of aromatic hydroxyl groups is 1. The van der Waals surface area contributed by atoms with Gasteiger partial charge in [0, 0.05) is 5.56 Å². The van der Waals surface area contributed by atoms with Gasteiger partial charge in [0.05, 0.1) is 17.7 Å². The summed E-state index contributed by atoms with van der Waals surface area (Å²) in [5, 5.41) is 10.8. The van der Waals surface area contributed by atoms with Crippen molar-refractivity contribution in [3.63, 3.8) is 0 Å². The maximum atomic E-state index is 13.8. The van der Waals surface area contributed by atoms with E-state index in [2.05, 4.69) is 0 Å². The zero-order valence-electron chi connectivity index (χ0n) is 20.4. The van der Waals surface area contributed by atoms with Gasteiger partial charge in [-0.2, -0.15) is 4.31 Å². The third-order valence-corrected chi connectivity index (χ3v) is 7.44. The van der Waals surface area contributed by atoms with Gasteiger partial charge in [-0.1, -0.05) is 45.4 Å². The molecule has 0 heterocycles. The maximum absolute atomic E-state index is 13.8. The van der Waals surface area contributed by atoms with E-state index in [1.54, 1.807) is 36.4 Å². The molecule has 1 amide bonds. The molecule has 7 heteroatoms. The maximum Gasteiger partial charge on any atom is 0.272 e. The summed E-state index contributed by atoms with van der Waals surface area (Å²) in [5.74, 6) is -0.190. The van der Waals surface area contributed by atoms with E-state index in [-0.39, 0.29) is 33.7 Å². The lowest BCUT2D eigenvalue weighted by molar-refractivity contribution is 0.100. The van der Waals surface area contributed by atoms with Crippen molar-refractivity contribution in [2.75, 3.05) is 11.4 Å². The molecule has 6 nitrogen and oxygen atoms in total. The lowest BCUT2D eigenvalue weighted by atomic mass is 9.93. The zero-order valence-corrected chi connectivity index (χ0v) is 21.2. The van der Waals surface area contributed by atoms with Crippen molar-refractivity contribution in [2.45, 2.75) is 51.3 Å². The summed E-state index contributed by atoms with van der Waals surface area (Å²) in [6.45, 7) is 9.50. The van der Waals surface area contributed by atoms with Gasteiger partial charge in [-0.3, -0.25) is 4.79 Å². The molecule has 0 aromatic heterocycles. The molecule has 0 fully saturated rings. The molecule has 1 N–H and O–H groups in total. The summed E-state index contributed by atoms with van der Waals surface area (Å²) in [6, 6.07) is 15.8. The van der Waals surface area contributed by atoms with Crippen molar-refractivity contribution in [1.82, 2.24) is 0 Å². The van der Waals surface area contributed by atoms with Gasteiger partial charge in [-0.05, 0) is 78.4 Å². The van der Waals surface area contributed by atoms with Crippen molar-refractivity contribution in [1.29, 1.82) is 0 Å². The lowest BCUT2D eigenvalue weighted by Crippen LogP contribution is -2.37. The molecule has 3 aromatic rings. The van der Waals surface area contributed by atoms with E-state index in [4.69, 9.17) is 4.74 Å². The van der Waals surface area contributed by atoms with Gasteiger partial charge in [0.1, 0.15) is 11.5 Å². The molecule has 0 saturated carbocycles. The predicted molar refractivity (Wildman–Crippen MR) is 134 cm³/mol. The molecular weight excluding hydrogens is 450 g/mol. The van der Waals surface area contributed by atoms with Crippen molar-refractivity contribution in [3.05, 3.63) is 82.9 Å². The smallest absolute Gasteiger partial charge is 0.272 e. The number of phenols is 1. The first-order valence-electron chi connectivity index (χ1n) is 11.1. The molecule has 0 aliphatic rings. The van der Waals surface area contributed by atoms with E-state index in [1.165, 1.54) is 31.4 Å². The van der Waals surface area contributed by atoms with Crippen LogP contribution in [0.2, 0.25) is 0 Å². The monoisotopic (exact) mass is 481 g/mol. The Morgan fingerprint density at radius 2 is 1.38 bits per heavy atom. The summed E-state index contributed by atoms with van der Waals surface area (Å²) in [4.78, 5) is 13.7. The van der Waals surface area contributed by atoms with Crippen molar-refractivity contribution >= 4 is 21.6 Å². The largest absolute Gasteiger partial charge is 0.507 e. The van der Waals surface area contributed by atoms with Crippen LogP contribution in [0.5, 0.6) is 11.5 Å². The molecule has 0 aliphatic carbocycles. The number of nitrogens with zero attached hydrogens (tertiary/aromatic N) is 1. The Labute approximate surface area is 201 Å². The topological polar surface area (TPSA) is 83.9 Å². The molecule has 0 bridgehead atoms. The summed E-state index contributed by atoms with van der Waals surface area (Å²) in [5.41, 5.74) is 2.44. The van der Waals surface area contributed by atoms with Crippen LogP contribution in [0.25, 0.3) is 0 Å². The minimum Gasteiger partial charge on any atom is -0.507 e. The summed E-state index contributed by atoms with van der Waals surface area (Å²) < 4.78 is 33.7. The van der Waals surface area contributed by atoms with Crippen molar-refractivity contribution in [2.24, 2.45) is 0 Å². The minimum atomic E-state index is -4.26. The van der Waals surface area contributed by atoms with Gasteiger partial charge < -0.3 is 9.84 Å². The number of carbonyl (C=O) groups excluding carboxylic acids is 1. The molecular formula is C27H31NO5S. The standard InChI is InChI=1S/C27H31NO5S/c1-17(2)24-15-21(16-25(18(3)4)26(24)29)28(27(30)20-9-11-22(33-6)12-10-20)34(31,32)23-13-7-19(5)8-14-23/h7-18,29H,1-6H3. The van der Waals surface area contributed by atoms with Crippen LogP contribution < -0.4 is 9.04 Å². The van der Waals surface area contributed by atoms with Crippen LogP contribution in [-0.4, -0.2) is 26.5 Å². The number of rotatable bonds is 7. The normalized spacial score (nSPS) is 11.6. The van der Waals surface area contributed by atoms with Gasteiger partial charge in [0.25, 0.3) is 15.9 Å². The number of hydrogen-bond donors (Lipinski definition) is 1. The predicted octanol–water partition coefficient (Wildman–Crippen LogP) is 5.99. The number of ether oxygens (including phenoxy) is 1. The fourth-order valence-electron chi connectivity index (χ4n) is 3.69. The number of sulfonamides is 1. The first-order valence-corrected chi connectivity index (χ1v) is 12.6. The Kier molecular flexibility index (Phi) is 7.36. The third kappa shape index (κ3) is 4.94. The number of anilines is 1. The molecule has 3 rings (SSSR count). The first kappa shape index (κ1) is 25.3. The van der Waals surface area contributed by atoms with Crippen LogP contribution in [0, 0.1) is 6.92 Å². The average molecular weight is 482 g/mol. The average Bonchev–Trinajstić information content (AvgIpc) is 2.79. The van der Waals surface area contributed by atoms with E-state index in [9.17, 15) is 18.3 Å². The Hall–Kier alpha value is -3.32. The highest BCUT2D eigenvalue weighted by atomic mass is 32.2. The molecule has 0 unspecified atom stereocenters. The quantitative estimate of drug-likeness (QED) is 0.448. The van der Waals surface area contributed by atoms with Crippen molar-refractivity contribution < 1.29 is 23.1 Å². The Morgan fingerprint density at radius 3 is 1.82 bits per heavy atom. The minimum absolute atomic E-state index is 0.00484. The number of phenolic OH excluding ortho intramolecular Hbond substituents is 1. The number of methoxy groups -OCH3 is 1. The molecule has 0 spiro atoms. The highest BCUT2D eigenvalue weighted by molar-refractivity contribution is 7.93. The molecule has 0 saturated heterocycles. The van der Waals surface area contributed by atoms with Gasteiger partial charge in [-0.25, -0.2) is 8.42 Å². The first-order chi connectivity index (χ1) is 16.0. The second-order valence-electron chi connectivity index (χ2n) is 8.90. The Bertz CT molecular complexity index is 1250. The third-order valence-electron chi connectivity index (χ3n) is 5.71. The van der Waals surface area contributed by atoms with Gasteiger partial charge >= 0.3 is 0 Å². The van der Waals surface area contributed by atoms with Crippen LogP contribution in [0.4, 0.5) is 5.69 Å². The summed E-state index contributed by atoms with van der Waals surface area (Å²) >= 11 is 0. The van der Waals surface area contributed by atoms with Crippen LogP contribution in [0.15, 0.2) is 65.6 Å². The van der Waals surface area contributed by atoms with E-state index in [1.807, 2.05) is 34.6 Å². The van der Waals surface area contributed by atoms with E-state index < -0.39 is 15.9 Å². The highest BCUT2D eigenvalue weighted by Gasteiger charge is 2.33. The Morgan fingerprint density at radius 1 is 0.882 bits per heavy atom. The lowest BCUT2D eigenvalue weighted by Gasteiger charge is -2.26. The van der Waals surface area contributed by atoms with Crippen LogP contribution in [0.3, 0.4) is 0 Å². The van der Waals surface area contributed by atoms with Crippen molar-refractivity contribution in [3.8, 4) is 11.5 Å². The number of benzene rings is 3. The fraction of sp³-hybridized carbons (Fsp3) is 0.296. The van der Waals surface area contributed by atoms with E-state index in [0.29, 0.717) is 16.9 Å². The SMILES string of the molecule is COc1ccc(C(=O)N(c2cc(C(C)C)c(O)c(C(C)C)c2)S(=O)(=O)c2ccc(C)cc2)cc1. The molecule has 0 aliphatic heterocycles. The number of carbonyl (C=O) groups is 1. The van der Waals surface area contributed by atoms with Gasteiger partial charge in [-0.15, -0.1) is 0 Å². The molecule has 0 radical (unpaired) electrons. The van der Waals surface area contributed by atoms with Gasteiger partial charge in [0.2, 0.25) is 0 Å². The van der Waals surface area contributed by atoms with Crippen LogP contribution >= 0.6 is 0 Å².